The molecule has 30 heavy (non-hydrogen) atoms. The van der Waals surface area contributed by atoms with Crippen LogP contribution in [0, 0.1) is 6.92 Å². The monoisotopic (exact) mass is 425 g/mol. The molecule has 0 saturated heterocycles. The number of aromatic nitrogens is 2. The lowest BCUT2D eigenvalue weighted by Crippen LogP contribution is -3.11. The van der Waals surface area contributed by atoms with Crippen molar-refractivity contribution in [2.24, 2.45) is 0 Å². The van der Waals surface area contributed by atoms with Gasteiger partial charge in [0.05, 0.1) is 42.8 Å². The molecule has 0 fully saturated rings. The Balaban J connectivity index is 1.81. The van der Waals surface area contributed by atoms with Crippen molar-refractivity contribution in [3.05, 3.63) is 64.4 Å². The van der Waals surface area contributed by atoms with Crippen LogP contribution in [0.15, 0.2) is 58.5 Å². The quantitative estimate of drug-likeness (QED) is 0.408. The Labute approximate surface area is 181 Å². The number of amides is 1. The number of nitrogens with zero attached hydrogens (tertiary/aromatic N) is 2. The van der Waals surface area contributed by atoms with Gasteiger partial charge in [-0.2, -0.15) is 0 Å². The lowest BCUT2D eigenvalue weighted by Gasteiger charge is -2.18. The largest absolute Gasteiger partial charge is 0.334 e. The minimum atomic E-state index is -0.117. The van der Waals surface area contributed by atoms with Gasteiger partial charge in [0.15, 0.2) is 5.16 Å². The van der Waals surface area contributed by atoms with Crippen LogP contribution in [0.25, 0.3) is 10.9 Å². The first-order chi connectivity index (χ1) is 14.5. The maximum atomic E-state index is 13.1. The minimum Gasteiger partial charge on any atom is -0.334 e. The Hall–Kier alpha value is -2.64. The van der Waals surface area contributed by atoms with Crippen molar-refractivity contribution in [2.45, 2.75) is 32.5 Å². The highest BCUT2D eigenvalue weighted by Crippen LogP contribution is 2.18. The summed E-state index contributed by atoms with van der Waals surface area (Å²) in [5.41, 5.74) is 2.48. The zero-order valence-electron chi connectivity index (χ0n) is 17.8. The minimum absolute atomic E-state index is 0.0475. The number of rotatable bonds is 9. The molecule has 0 aliphatic heterocycles. The third-order valence-corrected chi connectivity index (χ3v) is 6.13. The number of quaternary nitrogens is 1. The van der Waals surface area contributed by atoms with Gasteiger partial charge in [0.2, 0.25) is 5.91 Å². The van der Waals surface area contributed by atoms with Crippen molar-refractivity contribution in [3.8, 4) is 0 Å². The molecule has 0 unspecified atom stereocenters. The zero-order chi connectivity index (χ0) is 21.5. The summed E-state index contributed by atoms with van der Waals surface area (Å²) in [6.07, 6.45) is 0. The Bertz CT molecular complexity index is 1080. The molecule has 0 bridgehead atoms. The number of thioether (sulfide) groups is 1. The molecule has 0 radical (unpaired) electrons. The van der Waals surface area contributed by atoms with Gasteiger partial charge in [0.1, 0.15) is 0 Å². The van der Waals surface area contributed by atoms with E-state index in [4.69, 9.17) is 4.98 Å². The van der Waals surface area contributed by atoms with Gasteiger partial charge < -0.3 is 10.2 Å². The zero-order valence-corrected chi connectivity index (χ0v) is 18.6. The van der Waals surface area contributed by atoms with Gasteiger partial charge in [-0.05, 0) is 50.6 Å². The number of aryl methyl sites for hydroxylation is 1. The fourth-order valence-electron chi connectivity index (χ4n) is 3.38. The molecule has 1 amide bonds. The average molecular weight is 426 g/mol. The van der Waals surface area contributed by atoms with Crippen molar-refractivity contribution in [1.29, 1.82) is 0 Å². The Morgan fingerprint density at radius 3 is 2.63 bits per heavy atom. The molecular weight excluding hydrogens is 396 g/mol. The molecule has 0 atom stereocenters. The van der Waals surface area contributed by atoms with E-state index >= 15 is 0 Å². The van der Waals surface area contributed by atoms with Crippen LogP contribution in [0.5, 0.6) is 0 Å². The predicted molar refractivity (Wildman–Crippen MR) is 123 cm³/mol. The lowest BCUT2D eigenvalue weighted by atomic mass is 10.2. The van der Waals surface area contributed by atoms with Crippen molar-refractivity contribution in [1.82, 2.24) is 9.55 Å². The molecule has 0 aliphatic carbocycles. The molecule has 1 heterocycles. The number of hydrogen-bond acceptors (Lipinski definition) is 4. The molecule has 0 saturated carbocycles. The second-order valence-electron chi connectivity index (χ2n) is 7.28. The molecule has 7 heteroatoms. The third-order valence-electron chi connectivity index (χ3n) is 5.15. The van der Waals surface area contributed by atoms with Crippen LogP contribution in [0.1, 0.15) is 19.4 Å². The molecule has 3 rings (SSSR count). The van der Waals surface area contributed by atoms with Gasteiger partial charge in [-0.25, -0.2) is 4.98 Å². The van der Waals surface area contributed by atoms with Crippen molar-refractivity contribution in [3.63, 3.8) is 0 Å². The number of para-hydroxylation sites is 1. The van der Waals surface area contributed by atoms with Gasteiger partial charge in [-0.15, -0.1) is 0 Å². The van der Waals surface area contributed by atoms with Crippen LogP contribution in [0.2, 0.25) is 0 Å². The smallest absolute Gasteiger partial charge is 0.262 e. The predicted octanol–water partition coefficient (Wildman–Crippen LogP) is 2.36. The second-order valence-corrected chi connectivity index (χ2v) is 8.22. The van der Waals surface area contributed by atoms with E-state index in [-0.39, 0.29) is 17.2 Å². The summed E-state index contributed by atoms with van der Waals surface area (Å²) >= 11 is 1.31. The number of anilines is 1. The van der Waals surface area contributed by atoms with Gasteiger partial charge in [-0.3, -0.25) is 14.2 Å². The van der Waals surface area contributed by atoms with Gasteiger partial charge in [-0.1, -0.05) is 36.0 Å². The number of nitrogens with one attached hydrogen (secondary N) is 2. The fraction of sp³-hybridized carbons (Fsp3) is 0.348. The molecule has 2 N–H and O–H groups in total. The van der Waals surface area contributed by atoms with E-state index in [1.807, 2.05) is 55.5 Å². The van der Waals surface area contributed by atoms with Crippen LogP contribution >= 0.6 is 11.8 Å². The summed E-state index contributed by atoms with van der Waals surface area (Å²) in [6.45, 7) is 9.71. The first kappa shape index (κ1) is 22.1. The number of benzene rings is 2. The van der Waals surface area contributed by atoms with E-state index in [1.54, 1.807) is 4.57 Å². The summed E-state index contributed by atoms with van der Waals surface area (Å²) in [7, 11) is 0. The van der Waals surface area contributed by atoms with E-state index in [2.05, 4.69) is 19.2 Å². The molecular formula is C23H29N4O2S+. The first-order valence-corrected chi connectivity index (χ1v) is 11.3. The standard InChI is InChI=1S/C23H28N4O2S/c1-4-26(5-2)13-14-27-22(29)19-11-6-7-12-20(19)25-23(27)30-16-21(28)24-18-10-8-9-17(3)15-18/h6-12,15H,4-5,13-14,16H2,1-3H3,(H,24,28)/p+1. The number of hydrogen-bond donors (Lipinski definition) is 2. The van der Waals surface area contributed by atoms with Gasteiger partial charge in [0, 0.05) is 5.69 Å². The fourth-order valence-corrected chi connectivity index (χ4v) is 4.20. The summed E-state index contributed by atoms with van der Waals surface area (Å²) in [5, 5.41) is 4.11. The highest BCUT2D eigenvalue weighted by Gasteiger charge is 2.15. The van der Waals surface area contributed by atoms with E-state index in [0.29, 0.717) is 22.6 Å². The van der Waals surface area contributed by atoms with Crippen molar-refractivity contribution in [2.75, 3.05) is 30.7 Å². The van der Waals surface area contributed by atoms with Crippen LogP contribution in [0.4, 0.5) is 5.69 Å². The topological polar surface area (TPSA) is 68.4 Å². The summed E-state index contributed by atoms with van der Waals surface area (Å²) in [4.78, 5) is 31.7. The summed E-state index contributed by atoms with van der Waals surface area (Å²) in [5.74, 6) is 0.0746. The van der Waals surface area contributed by atoms with E-state index in [0.717, 1.165) is 30.9 Å². The Morgan fingerprint density at radius 2 is 1.90 bits per heavy atom. The highest BCUT2D eigenvalue weighted by molar-refractivity contribution is 7.99. The number of carbonyl (C=O) groups excluding carboxylic acids is 1. The third kappa shape index (κ3) is 5.49. The van der Waals surface area contributed by atoms with Crippen LogP contribution in [0.3, 0.4) is 0 Å². The SMILES string of the molecule is CC[NH+](CC)CCn1c(SCC(=O)Nc2cccc(C)c2)nc2ccccc2c1=O. The maximum absolute atomic E-state index is 13.1. The number of likely N-dealkylation sites (N-methyl/N-ethyl adjacent to an activating group) is 1. The van der Waals surface area contributed by atoms with Gasteiger partial charge >= 0.3 is 0 Å². The Morgan fingerprint density at radius 1 is 1.13 bits per heavy atom. The van der Waals surface area contributed by atoms with Crippen LogP contribution in [-0.2, 0) is 11.3 Å². The molecule has 0 spiro atoms. The van der Waals surface area contributed by atoms with E-state index < -0.39 is 0 Å². The number of carbonyl (C=O) groups is 1. The van der Waals surface area contributed by atoms with Crippen LogP contribution in [-0.4, -0.2) is 40.8 Å². The average Bonchev–Trinajstić information content (AvgIpc) is 2.74. The number of fused-ring (bicyclic) bond motifs is 1. The lowest BCUT2D eigenvalue weighted by molar-refractivity contribution is -0.897. The molecule has 1 aromatic heterocycles. The highest BCUT2D eigenvalue weighted by atomic mass is 32.2. The van der Waals surface area contributed by atoms with E-state index in [9.17, 15) is 9.59 Å². The maximum Gasteiger partial charge on any atom is 0.262 e. The first-order valence-electron chi connectivity index (χ1n) is 10.3. The molecule has 2 aromatic carbocycles. The molecule has 3 aromatic rings. The van der Waals surface area contributed by atoms with Crippen molar-refractivity contribution < 1.29 is 9.69 Å². The van der Waals surface area contributed by atoms with Crippen LogP contribution < -0.4 is 15.8 Å². The summed E-state index contributed by atoms with van der Waals surface area (Å²) in [6, 6.07) is 15.1. The van der Waals surface area contributed by atoms with E-state index in [1.165, 1.54) is 16.7 Å². The van der Waals surface area contributed by atoms with Crippen molar-refractivity contribution >= 4 is 34.3 Å². The molecule has 158 valence electrons. The molecule has 6 nitrogen and oxygen atoms in total. The van der Waals surface area contributed by atoms with Gasteiger partial charge in [0.25, 0.3) is 5.56 Å². The molecule has 0 aliphatic rings. The Kier molecular flexibility index (Phi) is 7.65. The normalized spacial score (nSPS) is 11.2. The second kappa shape index (κ2) is 10.4. The summed E-state index contributed by atoms with van der Waals surface area (Å²) < 4.78 is 1.72.